The number of halogens is 1. The van der Waals surface area contributed by atoms with Crippen molar-refractivity contribution in [2.75, 3.05) is 38.5 Å². The summed E-state index contributed by atoms with van der Waals surface area (Å²) < 4.78 is 34.7. The van der Waals surface area contributed by atoms with E-state index >= 15 is 0 Å². The normalized spacial score (nSPS) is 11.7. The van der Waals surface area contributed by atoms with Gasteiger partial charge in [0.2, 0.25) is 0 Å². The van der Waals surface area contributed by atoms with Crippen LogP contribution in [0, 0.1) is 0 Å². The minimum absolute atomic E-state index is 0.256. The highest BCUT2D eigenvalue weighted by Gasteiger charge is 2.19. The molecule has 39 heavy (non-hydrogen) atoms. The molecule has 3 N–H and O–H groups in total. The third-order valence-electron chi connectivity index (χ3n) is 5.00. The van der Waals surface area contributed by atoms with Gasteiger partial charge in [-0.3, -0.25) is 4.79 Å². The van der Waals surface area contributed by atoms with Gasteiger partial charge in [-0.1, -0.05) is 18.5 Å². The molecule has 1 aliphatic rings. The number of ether oxygens (including phenoxy) is 3. The molecule has 1 heterocycles. The lowest BCUT2D eigenvalue weighted by molar-refractivity contribution is -0.112. The number of allylic oxidation sites excluding steroid dienone is 2. The maximum atomic E-state index is 12.5. The molecule has 2 aromatic rings. The van der Waals surface area contributed by atoms with Gasteiger partial charge in [-0.2, -0.15) is 8.42 Å². The second-order valence-corrected chi connectivity index (χ2v) is 8.90. The third-order valence-corrected chi connectivity index (χ3v) is 6.35. The van der Waals surface area contributed by atoms with E-state index in [1.54, 1.807) is 39.4 Å². The molecule has 0 radical (unpaired) electrons. The van der Waals surface area contributed by atoms with Crippen molar-refractivity contribution in [1.82, 2.24) is 4.72 Å². The Hall–Kier alpha value is -3.48. The number of methoxy groups -OCH3 is 2. The van der Waals surface area contributed by atoms with Gasteiger partial charge in [-0.05, 0) is 79.8 Å². The molecular weight excluding hydrogens is 566 g/mol. The molecule has 0 saturated heterocycles. The highest BCUT2D eigenvalue weighted by Crippen LogP contribution is 2.29. The van der Waals surface area contributed by atoms with Crippen molar-refractivity contribution in [1.29, 1.82) is 0 Å². The van der Waals surface area contributed by atoms with Crippen molar-refractivity contribution >= 4 is 58.4 Å². The summed E-state index contributed by atoms with van der Waals surface area (Å²) in [4.78, 5) is 25.0. The van der Waals surface area contributed by atoms with Crippen molar-refractivity contribution in [2.45, 2.75) is 27.2 Å². The Kier molecular flexibility index (Phi) is 15.4. The molecule has 0 fully saturated rings. The Morgan fingerprint density at radius 2 is 1.69 bits per heavy atom. The summed E-state index contributed by atoms with van der Waals surface area (Å²) in [6.07, 6.45) is 2.44. The van der Waals surface area contributed by atoms with Gasteiger partial charge in [-0.25, -0.2) is 4.79 Å². The molecule has 0 aromatic heterocycles. The van der Waals surface area contributed by atoms with Crippen LogP contribution in [0.4, 0.5) is 11.4 Å². The molecule has 0 atom stereocenters. The van der Waals surface area contributed by atoms with E-state index < -0.39 is 17.5 Å². The number of hydrogen-bond donors (Lipinski definition) is 3. The van der Waals surface area contributed by atoms with Crippen molar-refractivity contribution in [2.24, 2.45) is 0 Å². The van der Waals surface area contributed by atoms with Crippen LogP contribution in [0.3, 0.4) is 0 Å². The van der Waals surface area contributed by atoms with Crippen LogP contribution in [-0.2, 0) is 27.5 Å². The molecule has 0 saturated carbocycles. The lowest BCUT2D eigenvalue weighted by Crippen LogP contribution is -2.19. The predicted octanol–water partition coefficient (Wildman–Crippen LogP) is 5.05. The first-order valence-corrected chi connectivity index (χ1v) is 13.5. The van der Waals surface area contributed by atoms with Crippen molar-refractivity contribution in [3.63, 3.8) is 0 Å². The third kappa shape index (κ3) is 11.0. The molecule has 0 unspecified atom stereocenters. The molecule has 0 aliphatic carbocycles. The predicted molar refractivity (Wildman–Crippen MR) is 156 cm³/mol. The minimum atomic E-state index is -0.750. The van der Waals surface area contributed by atoms with Gasteiger partial charge in [0.15, 0.2) is 11.5 Å². The van der Waals surface area contributed by atoms with E-state index in [0.29, 0.717) is 27.9 Å². The average Bonchev–Trinajstić information content (AvgIpc) is 2.93. The van der Waals surface area contributed by atoms with E-state index in [9.17, 15) is 9.59 Å². The maximum Gasteiger partial charge on any atom is 0.338 e. The fourth-order valence-corrected chi connectivity index (χ4v) is 4.07. The van der Waals surface area contributed by atoms with Gasteiger partial charge >= 0.3 is 17.5 Å². The number of esters is 1. The Balaban J connectivity index is 0.000000422. The van der Waals surface area contributed by atoms with E-state index in [-0.39, 0.29) is 5.91 Å². The number of hydrogen-bond acceptors (Lipinski definition) is 10. The van der Waals surface area contributed by atoms with Crippen LogP contribution in [-0.4, -0.2) is 48.2 Å². The monoisotopic (exact) mass is 597 g/mol. The number of rotatable bonds is 8. The number of benzene rings is 2. The molecule has 1 aliphatic heterocycles. The minimum Gasteiger partial charge on any atom is -0.493 e. The lowest BCUT2D eigenvalue weighted by Gasteiger charge is -2.16. The molecule has 212 valence electrons. The van der Waals surface area contributed by atoms with Crippen LogP contribution >= 0.6 is 23.5 Å². The lowest BCUT2D eigenvalue weighted by atomic mass is 10.1. The van der Waals surface area contributed by atoms with E-state index in [4.69, 9.17) is 34.2 Å². The van der Waals surface area contributed by atoms with Gasteiger partial charge in [0.05, 0.1) is 31.3 Å². The first kappa shape index (κ1) is 33.5. The molecule has 13 heteroatoms. The highest BCUT2D eigenvalue weighted by atomic mass is 35.5. The zero-order valence-corrected chi connectivity index (χ0v) is 24.9. The molecule has 2 aromatic carbocycles. The SMILES string of the molecule is CCOC(=O)c1cc(CC)cc(NC(=O)C2=C(C)C=C(Cl)NS2)c1.CNc1ccc(OC)c(OC)c1.O=S=O. The number of amides is 1. The summed E-state index contributed by atoms with van der Waals surface area (Å²) in [5.74, 6) is 0.830. The number of carbonyl (C=O) groups is 2. The van der Waals surface area contributed by atoms with Crippen molar-refractivity contribution in [3.8, 4) is 11.5 Å². The summed E-state index contributed by atoms with van der Waals surface area (Å²) in [5, 5.41) is 6.33. The van der Waals surface area contributed by atoms with E-state index in [1.807, 2.05) is 45.2 Å². The second-order valence-electron chi connectivity index (χ2n) is 7.54. The van der Waals surface area contributed by atoms with Crippen LogP contribution < -0.4 is 24.8 Å². The molecule has 3 rings (SSSR count). The quantitative estimate of drug-likeness (QED) is 0.216. The molecule has 10 nitrogen and oxygen atoms in total. The summed E-state index contributed by atoms with van der Waals surface area (Å²) in [6, 6.07) is 10.9. The van der Waals surface area contributed by atoms with Gasteiger partial charge in [0.1, 0.15) is 5.16 Å². The maximum absolute atomic E-state index is 12.5. The van der Waals surface area contributed by atoms with Crippen LogP contribution in [0.15, 0.2) is 58.1 Å². The van der Waals surface area contributed by atoms with E-state index in [2.05, 4.69) is 15.4 Å². The number of aryl methyl sites for hydroxylation is 1. The average molecular weight is 598 g/mol. The first-order chi connectivity index (χ1) is 18.7. The van der Waals surface area contributed by atoms with Gasteiger partial charge in [0.25, 0.3) is 5.91 Å². The van der Waals surface area contributed by atoms with Crippen molar-refractivity contribution < 1.29 is 32.2 Å². The number of nitrogens with one attached hydrogen (secondary N) is 3. The summed E-state index contributed by atoms with van der Waals surface area (Å²) in [7, 11) is 5.11. The zero-order chi connectivity index (χ0) is 29.4. The summed E-state index contributed by atoms with van der Waals surface area (Å²) in [5.41, 5.74) is 3.71. The van der Waals surface area contributed by atoms with Crippen LogP contribution in [0.5, 0.6) is 11.5 Å². The topological polar surface area (TPSA) is 132 Å². The van der Waals surface area contributed by atoms with Crippen LogP contribution in [0.1, 0.15) is 36.7 Å². The summed E-state index contributed by atoms with van der Waals surface area (Å²) in [6.45, 7) is 5.86. The Bertz CT molecular complexity index is 1250. The fraction of sp³-hybridized carbons (Fsp3) is 0.308. The number of carbonyl (C=O) groups excluding carboxylic acids is 2. The molecular formula is C26H32ClN3O7S2. The van der Waals surface area contributed by atoms with Crippen LogP contribution in [0.2, 0.25) is 0 Å². The van der Waals surface area contributed by atoms with Gasteiger partial charge in [-0.15, -0.1) is 0 Å². The Morgan fingerprint density at radius 1 is 1.03 bits per heavy atom. The fourth-order valence-electron chi connectivity index (χ4n) is 3.17. The van der Waals surface area contributed by atoms with Crippen LogP contribution in [0.25, 0.3) is 0 Å². The van der Waals surface area contributed by atoms with E-state index in [0.717, 1.165) is 46.7 Å². The summed E-state index contributed by atoms with van der Waals surface area (Å²) >= 11 is 6.29. The smallest absolute Gasteiger partial charge is 0.338 e. The number of anilines is 2. The van der Waals surface area contributed by atoms with E-state index in [1.165, 1.54) is 0 Å². The highest BCUT2D eigenvalue weighted by molar-refractivity contribution is 8.02. The van der Waals surface area contributed by atoms with Gasteiger partial charge < -0.3 is 29.6 Å². The molecule has 0 bridgehead atoms. The second kappa shape index (κ2) is 17.9. The molecule has 0 spiro atoms. The standard InChI is InChI=1S/C17H19ClN2O3S.C9H13NO2.O2S/c1-4-11-7-12(17(22)23-5-2)9-13(8-11)19-16(21)15-10(3)6-14(18)20-24-15;1-10-7-4-5-8(11-2)9(6-7)12-3;1-3-2/h6-9,20H,4-5H2,1-3H3,(H,19,21);4-6,10H,1-3H3;. The van der Waals surface area contributed by atoms with Crippen molar-refractivity contribution in [3.05, 3.63) is 69.2 Å². The Morgan fingerprint density at radius 3 is 2.23 bits per heavy atom. The largest absolute Gasteiger partial charge is 0.493 e. The zero-order valence-electron chi connectivity index (χ0n) is 22.5. The first-order valence-electron chi connectivity index (χ1n) is 11.6. The van der Waals surface area contributed by atoms with Gasteiger partial charge in [0, 0.05) is 24.5 Å². The molecule has 1 amide bonds. The Labute approximate surface area is 241 Å².